The fourth-order valence-electron chi connectivity index (χ4n) is 3.25. The van der Waals surface area contributed by atoms with Crippen LogP contribution >= 0.6 is 0 Å². The highest BCUT2D eigenvalue weighted by Gasteiger charge is 2.34. The van der Waals surface area contributed by atoms with E-state index in [1.54, 1.807) is 0 Å². The summed E-state index contributed by atoms with van der Waals surface area (Å²) in [5.41, 5.74) is 5.59. The van der Waals surface area contributed by atoms with Crippen molar-refractivity contribution in [2.45, 2.75) is 31.3 Å². The molecular formula is C12H23N3O2. The average Bonchev–Trinajstić information content (AvgIpc) is 2.29. The van der Waals surface area contributed by atoms with Gasteiger partial charge in [0.25, 0.3) is 0 Å². The van der Waals surface area contributed by atoms with Crippen molar-refractivity contribution in [1.82, 2.24) is 9.80 Å². The molecule has 0 amide bonds. The lowest BCUT2D eigenvalue weighted by Crippen LogP contribution is -2.55. The van der Waals surface area contributed by atoms with E-state index in [1.165, 1.54) is 19.4 Å². The second-order valence-corrected chi connectivity index (χ2v) is 5.44. The number of carboxylic acid groups (broad SMARTS) is 1. The number of hydrogen-bond donors (Lipinski definition) is 2. The van der Waals surface area contributed by atoms with E-state index in [-0.39, 0.29) is 0 Å². The number of fused-ring (bicyclic) bond motifs is 1. The van der Waals surface area contributed by atoms with Gasteiger partial charge in [0.2, 0.25) is 0 Å². The quantitative estimate of drug-likeness (QED) is 0.717. The molecule has 2 aliphatic rings. The molecule has 0 aromatic rings. The van der Waals surface area contributed by atoms with Crippen LogP contribution in [0, 0.1) is 5.92 Å². The molecule has 2 heterocycles. The highest BCUT2D eigenvalue weighted by molar-refractivity contribution is 5.73. The Morgan fingerprint density at radius 2 is 2.24 bits per heavy atom. The number of carboxylic acids is 1. The van der Waals surface area contributed by atoms with E-state index in [0.717, 1.165) is 19.5 Å². The Balaban J connectivity index is 1.87. The van der Waals surface area contributed by atoms with E-state index in [1.807, 2.05) is 0 Å². The van der Waals surface area contributed by atoms with Crippen molar-refractivity contribution in [3.05, 3.63) is 0 Å². The maximum Gasteiger partial charge on any atom is 0.321 e. The lowest BCUT2D eigenvalue weighted by molar-refractivity contribution is -0.139. The van der Waals surface area contributed by atoms with Crippen molar-refractivity contribution < 1.29 is 9.90 Å². The second-order valence-electron chi connectivity index (χ2n) is 5.44. The van der Waals surface area contributed by atoms with Gasteiger partial charge in [0.1, 0.15) is 6.04 Å². The van der Waals surface area contributed by atoms with E-state index in [9.17, 15) is 4.79 Å². The number of nitrogens with zero attached hydrogens (tertiary/aromatic N) is 2. The zero-order valence-corrected chi connectivity index (χ0v) is 10.5. The molecule has 3 N–H and O–H groups in total. The lowest BCUT2D eigenvalue weighted by Gasteiger charge is -2.46. The molecule has 0 aromatic carbocycles. The first-order valence-corrected chi connectivity index (χ1v) is 6.49. The highest BCUT2D eigenvalue weighted by Crippen LogP contribution is 2.29. The van der Waals surface area contributed by atoms with Crippen LogP contribution in [0.25, 0.3) is 0 Å². The summed E-state index contributed by atoms with van der Waals surface area (Å²) in [6.45, 7) is 3.68. The molecule has 0 radical (unpaired) electrons. The zero-order chi connectivity index (χ0) is 12.4. The standard InChI is InChI=1S/C12H23N3O2/c1-14-5-2-3-9-7-15(6-4-11(9)14)8-10(13)12(16)17/h9-11H,2-8,13H2,1H3,(H,16,17). The first-order chi connectivity index (χ1) is 8.08. The predicted octanol–water partition coefficient (Wildman–Crippen LogP) is -0.186. The van der Waals surface area contributed by atoms with Crippen molar-refractivity contribution in [3.8, 4) is 0 Å². The fourth-order valence-corrected chi connectivity index (χ4v) is 3.25. The topological polar surface area (TPSA) is 69.8 Å². The Labute approximate surface area is 103 Å². The van der Waals surface area contributed by atoms with Gasteiger partial charge in [-0.15, -0.1) is 0 Å². The molecule has 0 aliphatic carbocycles. The Morgan fingerprint density at radius 3 is 2.94 bits per heavy atom. The minimum Gasteiger partial charge on any atom is -0.480 e. The number of hydrogen-bond acceptors (Lipinski definition) is 4. The molecule has 2 fully saturated rings. The van der Waals surface area contributed by atoms with Crippen molar-refractivity contribution in [2.75, 3.05) is 33.2 Å². The third kappa shape index (κ3) is 2.97. The van der Waals surface area contributed by atoms with Crippen LogP contribution in [0.15, 0.2) is 0 Å². The molecule has 5 heteroatoms. The summed E-state index contributed by atoms with van der Waals surface area (Å²) in [6, 6.07) is -0.0473. The van der Waals surface area contributed by atoms with Crippen LogP contribution < -0.4 is 5.73 Å². The maximum absolute atomic E-state index is 10.7. The summed E-state index contributed by atoms with van der Waals surface area (Å²) in [5.74, 6) is -0.198. The van der Waals surface area contributed by atoms with Gasteiger partial charge in [-0.2, -0.15) is 0 Å². The Bertz CT molecular complexity index is 285. The average molecular weight is 241 g/mol. The highest BCUT2D eigenvalue weighted by atomic mass is 16.4. The Hall–Kier alpha value is -0.650. The molecule has 0 spiro atoms. The second kappa shape index (κ2) is 5.33. The van der Waals surface area contributed by atoms with Gasteiger partial charge in [-0.25, -0.2) is 0 Å². The third-order valence-electron chi connectivity index (χ3n) is 4.20. The van der Waals surface area contributed by atoms with Crippen LogP contribution in [0.2, 0.25) is 0 Å². The molecule has 0 bridgehead atoms. The van der Waals surface area contributed by atoms with Gasteiger partial charge in [0.05, 0.1) is 0 Å². The largest absolute Gasteiger partial charge is 0.480 e. The van der Waals surface area contributed by atoms with Crippen LogP contribution in [0.3, 0.4) is 0 Å². The van der Waals surface area contributed by atoms with E-state index < -0.39 is 12.0 Å². The summed E-state index contributed by atoms with van der Waals surface area (Å²) < 4.78 is 0. The number of likely N-dealkylation sites (tertiary alicyclic amines) is 2. The summed E-state index contributed by atoms with van der Waals surface area (Å²) in [6.07, 6.45) is 3.68. The molecule has 5 nitrogen and oxygen atoms in total. The minimum absolute atomic E-state index is 0.488. The zero-order valence-electron chi connectivity index (χ0n) is 10.5. The van der Waals surface area contributed by atoms with Crippen LogP contribution in [-0.4, -0.2) is 66.2 Å². The molecule has 3 atom stereocenters. The first-order valence-electron chi connectivity index (χ1n) is 6.49. The lowest BCUT2D eigenvalue weighted by atomic mass is 9.84. The van der Waals surface area contributed by atoms with Crippen molar-refractivity contribution in [1.29, 1.82) is 0 Å². The van der Waals surface area contributed by atoms with Gasteiger partial charge >= 0.3 is 5.97 Å². The van der Waals surface area contributed by atoms with Gasteiger partial charge < -0.3 is 20.6 Å². The molecule has 0 aromatic heterocycles. The van der Waals surface area contributed by atoms with Crippen LogP contribution in [0.5, 0.6) is 0 Å². The SMILES string of the molecule is CN1CCCC2CN(CC(N)C(=O)O)CCC21. The van der Waals surface area contributed by atoms with E-state index in [0.29, 0.717) is 18.5 Å². The molecule has 2 rings (SSSR count). The third-order valence-corrected chi connectivity index (χ3v) is 4.20. The number of nitrogens with two attached hydrogens (primary N) is 1. The molecule has 2 aliphatic heterocycles. The van der Waals surface area contributed by atoms with E-state index >= 15 is 0 Å². The van der Waals surface area contributed by atoms with Crippen molar-refractivity contribution in [3.63, 3.8) is 0 Å². The molecular weight excluding hydrogens is 218 g/mol. The Kier molecular flexibility index (Phi) is 4.01. The fraction of sp³-hybridized carbons (Fsp3) is 0.917. The number of rotatable bonds is 3. The van der Waals surface area contributed by atoms with E-state index in [2.05, 4.69) is 16.8 Å². The van der Waals surface area contributed by atoms with Gasteiger partial charge in [-0.05, 0) is 45.3 Å². The maximum atomic E-state index is 10.7. The molecule has 3 unspecified atom stereocenters. The first kappa shape index (κ1) is 12.8. The van der Waals surface area contributed by atoms with Gasteiger partial charge in [0.15, 0.2) is 0 Å². The van der Waals surface area contributed by atoms with Crippen molar-refractivity contribution >= 4 is 5.97 Å². The summed E-state index contributed by atoms with van der Waals surface area (Å²) in [4.78, 5) is 15.4. The molecule has 0 saturated carbocycles. The molecule has 2 saturated heterocycles. The van der Waals surface area contributed by atoms with Crippen LogP contribution in [-0.2, 0) is 4.79 Å². The van der Waals surface area contributed by atoms with Gasteiger partial charge in [-0.1, -0.05) is 0 Å². The van der Waals surface area contributed by atoms with Gasteiger partial charge in [0, 0.05) is 19.1 Å². The Morgan fingerprint density at radius 1 is 1.47 bits per heavy atom. The molecule has 17 heavy (non-hydrogen) atoms. The normalized spacial score (nSPS) is 33.1. The summed E-state index contributed by atoms with van der Waals surface area (Å²) in [7, 11) is 2.20. The number of aliphatic carboxylic acids is 1. The smallest absolute Gasteiger partial charge is 0.321 e. The number of piperidine rings is 2. The van der Waals surface area contributed by atoms with E-state index in [4.69, 9.17) is 10.8 Å². The molecule has 98 valence electrons. The summed E-state index contributed by atoms with van der Waals surface area (Å²) in [5, 5.41) is 8.83. The predicted molar refractivity (Wildman–Crippen MR) is 65.8 cm³/mol. The van der Waals surface area contributed by atoms with Crippen molar-refractivity contribution in [2.24, 2.45) is 11.7 Å². The monoisotopic (exact) mass is 241 g/mol. The number of carbonyl (C=O) groups is 1. The summed E-state index contributed by atoms with van der Waals surface area (Å²) >= 11 is 0. The minimum atomic E-state index is -0.895. The van der Waals surface area contributed by atoms with Crippen LogP contribution in [0.1, 0.15) is 19.3 Å². The van der Waals surface area contributed by atoms with Crippen LogP contribution in [0.4, 0.5) is 0 Å². The van der Waals surface area contributed by atoms with Gasteiger partial charge in [-0.3, -0.25) is 4.79 Å².